The molecule has 10 aromatic rings. The quantitative estimate of drug-likeness (QED) is 0.169. The normalized spacial score (nSPS) is 21.1. The minimum atomic E-state index is 0.312. The van der Waals surface area contributed by atoms with Gasteiger partial charge in [0.05, 0.1) is 11.4 Å². The third-order valence-corrected chi connectivity index (χ3v) is 13.4. The van der Waals surface area contributed by atoms with Gasteiger partial charge in [-0.2, -0.15) is 0 Å². The number of hydrogen-bond acceptors (Lipinski definition) is 4. The Hall–Kier alpha value is -6.26. The molecular formula is C53H42N2O2. The van der Waals surface area contributed by atoms with Gasteiger partial charge in [0.1, 0.15) is 22.3 Å². The second-order valence-corrected chi connectivity index (χ2v) is 17.4. The Morgan fingerprint density at radius 2 is 1.04 bits per heavy atom. The average molecular weight is 739 g/mol. The van der Waals surface area contributed by atoms with E-state index in [1.54, 1.807) is 5.56 Å². The summed E-state index contributed by atoms with van der Waals surface area (Å²) in [6, 6.07) is 49.9. The molecule has 0 spiro atoms. The Morgan fingerprint density at radius 1 is 0.491 bits per heavy atom. The number of rotatable bonds is 4. The van der Waals surface area contributed by atoms with Gasteiger partial charge >= 0.3 is 0 Å². The molecule has 3 aromatic heterocycles. The standard InChI is InChI=1S/C53H42N2O2/c1-31-23-33-24-32(2)29-53(28-31,30-33)37-20-22-39-35(26-37)18-17-34-25-36(19-21-38(34)39)52-54-46(44-13-7-11-42-40-9-3-5-15-48(40)56-50(42)44)27-47(55-52)45-14-8-12-43-41-10-4-6-16-49(41)57-51(43)45/h3-22,25-27,31-33H,23-24,28-30H2,1-2H3. The number of benzene rings is 7. The van der Waals surface area contributed by atoms with E-state index in [4.69, 9.17) is 18.8 Å². The van der Waals surface area contributed by atoms with Crippen molar-refractivity contribution in [2.24, 2.45) is 17.8 Å². The van der Waals surface area contributed by atoms with Gasteiger partial charge < -0.3 is 8.83 Å². The van der Waals surface area contributed by atoms with Crippen LogP contribution in [0.1, 0.15) is 51.5 Å². The lowest BCUT2D eigenvalue weighted by molar-refractivity contribution is 0.0781. The van der Waals surface area contributed by atoms with Crippen molar-refractivity contribution in [3.05, 3.63) is 145 Å². The molecule has 57 heavy (non-hydrogen) atoms. The highest BCUT2D eigenvalue weighted by molar-refractivity contribution is 6.12. The van der Waals surface area contributed by atoms with E-state index in [0.29, 0.717) is 11.2 Å². The average Bonchev–Trinajstić information content (AvgIpc) is 3.81. The van der Waals surface area contributed by atoms with Crippen LogP contribution in [0.5, 0.6) is 0 Å². The number of furan rings is 2. The van der Waals surface area contributed by atoms with Crippen molar-refractivity contribution >= 4 is 65.4 Å². The molecule has 276 valence electrons. The van der Waals surface area contributed by atoms with Crippen molar-refractivity contribution in [3.8, 4) is 33.9 Å². The fraction of sp³-hybridized carbons (Fsp3) is 0.208. The summed E-state index contributed by atoms with van der Waals surface area (Å²) in [5, 5.41) is 9.38. The van der Waals surface area contributed by atoms with Gasteiger partial charge in [0, 0.05) is 38.2 Å². The molecule has 0 saturated heterocycles. The molecule has 4 nitrogen and oxygen atoms in total. The Morgan fingerprint density at radius 3 is 1.65 bits per heavy atom. The van der Waals surface area contributed by atoms with Crippen LogP contribution < -0.4 is 0 Å². The molecule has 2 saturated carbocycles. The fourth-order valence-electron chi connectivity index (χ4n) is 11.3. The highest BCUT2D eigenvalue weighted by Gasteiger charge is 2.45. The summed E-state index contributed by atoms with van der Waals surface area (Å²) >= 11 is 0. The van der Waals surface area contributed by atoms with Crippen LogP contribution in [0.15, 0.2) is 148 Å². The highest BCUT2D eigenvalue weighted by Crippen LogP contribution is 2.54. The molecule has 4 heteroatoms. The molecule has 2 aliphatic rings. The zero-order valence-corrected chi connectivity index (χ0v) is 32.3. The maximum Gasteiger partial charge on any atom is 0.160 e. The van der Waals surface area contributed by atoms with Crippen LogP contribution >= 0.6 is 0 Å². The fourth-order valence-corrected chi connectivity index (χ4v) is 11.3. The van der Waals surface area contributed by atoms with E-state index >= 15 is 0 Å². The van der Waals surface area contributed by atoms with Crippen molar-refractivity contribution in [2.75, 3.05) is 0 Å². The maximum absolute atomic E-state index is 6.54. The Balaban J connectivity index is 1.02. The van der Waals surface area contributed by atoms with Crippen LogP contribution in [-0.4, -0.2) is 9.97 Å². The summed E-state index contributed by atoms with van der Waals surface area (Å²) in [6.45, 7) is 4.95. The van der Waals surface area contributed by atoms with Gasteiger partial charge in [-0.05, 0) is 119 Å². The Labute approximate surface area is 331 Å². The monoisotopic (exact) mass is 738 g/mol. The molecular weight excluding hydrogens is 697 g/mol. The van der Waals surface area contributed by atoms with Crippen LogP contribution in [0.3, 0.4) is 0 Å². The topological polar surface area (TPSA) is 52.1 Å². The van der Waals surface area contributed by atoms with E-state index in [2.05, 4.69) is 129 Å². The minimum absolute atomic E-state index is 0.312. The van der Waals surface area contributed by atoms with Crippen molar-refractivity contribution in [1.82, 2.24) is 9.97 Å². The lowest BCUT2D eigenvalue weighted by Crippen LogP contribution is -2.42. The molecule has 2 bridgehead atoms. The van der Waals surface area contributed by atoms with Crippen LogP contribution in [0.2, 0.25) is 0 Å². The van der Waals surface area contributed by atoms with Crippen molar-refractivity contribution in [3.63, 3.8) is 0 Å². The molecule has 12 rings (SSSR count). The Kier molecular flexibility index (Phi) is 7.15. The zero-order chi connectivity index (χ0) is 37.8. The molecule has 2 aliphatic carbocycles. The summed E-state index contributed by atoms with van der Waals surface area (Å²) in [7, 11) is 0. The smallest absolute Gasteiger partial charge is 0.160 e. The maximum atomic E-state index is 6.54. The number of para-hydroxylation sites is 4. The second-order valence-electron chi connectivity index (χ2n) is 17.4. The summed E-state index contributed by atoms with van der Waals surface area (Å²) < 4.78 is 13.1. The van der Waals surface area contributed by atoms with E-state index in [1.165, 1.54) is 53.6 Å². The van der Waals surface area contributed by atoms with E-state index in [-0.39, 0.29) is 0 Å². The van der Waals surface area contributed by atoms with Crippen molar-refractivity contribution in [2.45, 2.75) is 51.4 Å². The van der Waals surface area contributed by atoms with E-state index in [0.717, 1.165) is 89.7 Å². The molecule has 3 heterocycles. The third-order valence-electron chi connectivity index (χ3n) is 13.4. The summed E-state index contributed by atoms with van der Waals surface area (Å²) in [6.07, 6.45) is 6.76. The van der Waals surface area contributed by atoms with Gasteiger partial charge in [0.25, 0.3) is 0 Å². The molecule has 2 atom stereocenters. The number of nitrogens with zero attached hydrogens (tertiary/aromatic N) is 2. The zero-order valence-electron chi connectivity index (χ0n) is 32.3. The molecule has 0 radical (unpaired) electrons. The lowest BCUT2D eigenvalue weighted by Gasteiger charge is -2.50. The number of fused-ring (bicyclic) bond motifs is 11. The lowest BCUT2D eigenvalue weighted by atomic mass is 9.54. The number of hydrogen-bond donors (Lipinski definition) is 0. The third kappa shape index (κ3) is 5.19. The molecule has 7 aromatic carbocycles. The van der Waals surface area contributed by atoms with Crippen LogP contribution in [0, 0.1) is 17.8 Å². The minimum Gasteiger partial charge on any atom is -0.455 e. The van der Waals surface area contributed by atoms with Gasteiger partial charge in [-0.3, -0.25) is 0 Å². The first-order chi connectivity index (χ1) is 28.0. The van der Waals surface area contributed by atoms with Crippen molar-refractivity contribution in [1.29, 1.82) is 0 Å². The molecule has 0 amide bonds. The second kappa shape index (κ2) is 12.4. The van der Waals surface area contributed by atoms with Gasteiger partial charge in [0.2, 0.25) is 0 Å². The van der Waals surface area contributed by atoms with E-state index < -0.39 is 0 Å². The Bertz CT molecular complexity index is 3090. The molecule has 0 N–H and O–H groups in total. The highest BCUT2D eigenvalue weighted by atomic mass is 16.3. The summed E-state index contributed by atoms with van der Waals surface area (Å²) in [4.78, 5) is 10.6. The summed E-state index contributed by atoms with van der Waals surface area (Å²) in [5.41, 5.74) is 9.65. The van der Waals surface area contributed by atoms with E-state index in [9.17, 15) is 0 Å². The van der Waals surface area contributed by atoms with Crippen LogP contribution in [-0.2, 0) is 5.41 Å². The van der Waals surface area contributed by atoms with Crippen LogP contribution in [0.25, 0.3) is 99.3 Å². The van der Waals surface area contributed by atoms with Gasteiger partial charge in [0.15, 0.2) is 5.82 Å². The number of aromatic nitrogens is 2. The van der Waals surface area contributed by atoms with Gasteiger partial charge in [-0.1, -0.05) is 117 Å². The molecule has 0 aliphatic heterocycles. The predicted octanol–water partition coefficient (Wildman–Crippen LogP) is 14.7. The van der Waals surface area contributed by atoms with Crippen molar-refractivity contribution < 1.29 is 8.83 Å². The first kappa shape index (κ1) is 32.9. The predicted molar refractivity (Wildman–Crippen MR) is 234 cm³/mol. The van der Waals surface area contributed by atoms with Gasteiger partial charge in [-0.25, -0.2) is 9.97 Å². The molecule has 2 unspecified atom stereocenters. The first-order valence-corrected chi connectivity index (χ1v) is 20.6. The van der Waals surface area contributed by atoms with E-state index in [1.807, 2.05) is 24.3 Å². The summed E-state index contributed by atoms with van der Waals surface area (Å²) in [5.74, 6) is 3.11. The first-order valence-electron chi connectivity index (χ1n) is 20.6. The largest absolute Gasteiger partial charge is 0.455 e. The van der Waals surface area contributed by atoms with Gasteiger partial charge in [-0.15, -0.1) is 0 Å². The SMILES string of the molecule is CC1CC2CC(C)CC(c3ccc4c(ccc5cc(-c6nc(-c7cccc8c7oc7ccccc78)cc(-c7cccc8c7oc7ccccc78)n6)ccc54)c3)(C1)C2. The van der Waals surface area contributed by atoms with Crippen LogP contribution in [0.4, 0.5) is 0 Å². The molecule has 2 fully saturated rings.